The molecule has 0 aliphatic rings. The minimum Gasteiger partial charge on any atom is -0.410 e. The summed E-state index contributed by atoms with van der Waals surface area (Å²) < 4.78 is 5.52. The number of thioether (sulfide) groups is 1. The zero-order valence-electron chi connectivity index (χ0n) is 13.7. The lowest BCUT2D eigenvalue weighted by atomic mass is 10.2. The molecular formula is C17H16N4O3S2. The lowest BCUT2D eigenvalue weighted by Crippen LogP contribution is -2.39. The molecule has 7 nitrogen and oxygen atoms in total. The summed E-state index contributed by atoms with van der Waals surface area (Å²) in [5, 5.41) is 15.2. The summed E-state index contributed by atoms with van der Waals surface area (Å²) in [6, 6.07) is 12.8. The Bertz CT molecular complexity index is 850. The molecule has 0 fully saturated rings. The Hall–Kier alpha value is -2.65. The van der Waals surface area contributed by atoms with Crippen molar-refractivity contribution in [2.75, 3.05) is 5.75 Å². The van der Waals surface area contributed by atoms with Crippen molar-refractivity contribution in [1.82, 2.24) is 20.8 Å². The van der Waals surface area contributed by atoms with Crippen molar-refractivity contribution in [2.24, 2.45) is 0 Å². The average Bonchev–Trinajstić information content (AvgIpc) is 3.32. The molecule has 2 heterocycles. The Balaban J connectivity index is 1.35. The summed E-state index contributed by atoms with van der Waals surface area (Å²) in [4.78, 5) is 24.4. The van der Waals surface area contributed by atoms with Crippen LogP contribution in [0.15, 0.2) is 57.5 Å². The van der Waals surface area contributed by atoms with Crippen molar-refractivity contribution in [3.05, 3.63) is 53.4 Å². The largest absolute Gasteiger partial charge is 0.410 e. The molecule has 0 aliphatic carbocycles. The van der Waals surface area contributed by atoms with Gasteiger partial charge in [-0.05, 0) is 17.0 Å². The molecule has 2 aromatic heterocycles. The SMILES string of the molecule is O=C(CCSc1nnc(-c2cccs2)o1)NC(=O)NCc1ccccc1. The van der Waals surface area contributed by atoms with E-state index in [4.69, 9.17) is 4.42 Å². The fourth-order valence-electron chi connectivity index (χ4n) is 2.01. The molecule has 3 aromatic rings. The molecule has 3 rings (SSSR count). The van der Waals surface area contributed by atoms with E-state index in [0.29, 0.717) is 23.4 Å². The average molecular weight is 388 g/mol. The third kappa shape index (κ3) is 5.43. The number of carbonyl (C=O) groups excluding carboxylic acids is 2. The number of nitrogens with one attached hydrogen (secondary N) is 2. The Labute approximate surface area is 158 Å². The van der Waals surface area contributed by atoms with Crippen LogP contribution in [0.4, 0.5) is 4.79 Å². The molecule has 1 aromatic carbocycles. The predicted molar refractivity (Wildman–Crippen MR) is 99.8 cm³/mol. The normalized spacial score (nSPS) is 10.5. The van der Waals surface area contributed by atoms with Gasteiger partial charge in [-0.3, -0.25) is 10.1 Å². The zero-order valence-corrected chi connectivity index (χ0v) is 15.3. The highest BCUT2D eigenvalue weighted by Crippen LogP contribution is 2.26. The number of amides is 3. The maximum atomic E-state index is 11.8. The summed E-state index contributed by atoms with van der Waals surface area (Å²) in [5.41, 5.74) is 0.962. The second kappa shape index (κ2) is 9.16. The van der Waals surface area contributed by atoms with Gasteiger partial charge >= 0.3 is 6.03 Å². The van der Waals surface area contributed by atoms with Gasteiger partial charge < -0.3 is 9.73 Å². The maximum absolute atomic E-state index is 11.8. The van der Waals surface area contributed by atoms with Crippen LogP contribution in [0.25, 0.3) is 10.8 Å². The number of aromatic nitrogens is 2. The Morgan fingerprint density at radius 3 is 2.73 bits per heavy atom. The molecular weight excluding hydrogens is 372 g/mol. The second-order valence-corrected chi connectivity index (χ2v) is 7.16. The van der Waals surface area contributed by atoms with Gasteiger partial charge in [0, 0.05) is 18.7 Å². The third-order valence-corrected chi connectivity index (χ3v) is 4.92. The molecule has 2 N–H and O–H groups in total. The summed E-state index contributed by atoms with van der Waals surface area (Å²) >= 11 is 2.79. The first kappa shape index (κ1) is 18.2. The van der Waals surface area contributed by atoms with Crippen molar-refractivity contribution in [2.45, 2.75) is 18.2 Å². The Morgan fingerprint density at radius 2 is 1.96 bits per heavy atom. The van der Waals surface area contributed by atoms with Crippen LogP contribution < -0.4 is 10.6 Å². The quantitative estimate of drug-likeness (QED) is 0.603. The van der Waals surface area contributed by atoms with E-state index in [1.54, 1.807) is 0 Å². The van der Waals surface area contributed by atoms with E-state index in [1.807, 2.05) is 47.8 Å². The van der Waals surface area contributed by atoms with Crippen LogP contribution in [0.2, 0.25) is 0 Å². The fourth-order valence-corrected chi connectivity index (χ4v) is 3.35. The lowest BCUT2D eigenvalue weighted by molar-refractivity contribution is -0.119. The number of imide groups is 1. The van der Waals surface area contributed by atoms with Crippen LogP contribution >= 0.6 is 23.1 Å². The number of rotatable bonds is 7. The molecule has 0 spiro atoms. The second-order valence-electron chi connectivity index (χ2n) is 5.17. The Morgan fingerprint density at radius 1 is 1.12 bits per heavy atom. The number of hydrogen-bond acceptors (Lipinski definition) is 7. The van der Waals surface area contributed by atoms with E-state index in [1.165, 1.54) is 23.1 Å². The summed E-state index contributed by atoms with van der Waals surface area (Å²) in [6.45, 7) is 0.363. The van der Waals surface area contributed by atoms with Crippen LogP contribution in [-0.2, 0) is 11.3 Å². The molecule has 0 atom stereocenters. The van der Waals surface area contributed by atoms with Crippen LogP contribution in [-0.4, -0.2) is 27.9 Å². The monoisotopic (exact) mass is 388 g/mol. The molecule has 26 heavy (non-hydrogen) atoms. The van der Waals surface area contributed by atoms with Crippen molar-refractivity contribution in [1.29, 1.82) is 0 Å². The molecule has 9 heteroatoms. The first-order chi connectivity index (χ1) is 12.7. The summed E-state index contributed by atoms with van der Waals surface area (Å²) in [6.07, 6.45) is 0.167. The topological polar surface area (TPSA) is 97.1 Å². The number of benzene rings is 1. The van der Waals surface area contributed by atoms with Gasteiger partial charge in [-0.15, -0.1) is 21.5 Å². The van der Waals surface area contributed by atoms with Crippen LogP contribution in [0, 0.1) is 0 Å². The Kier molecular flexibility index (Phi) is 6.39. The van der Waals surface area contributed by atoms with Gasteiger partial charge in [-0.1, -0.05) is 48.2 Å². The van der Waals surface area contributed by atoms with Crippen molar-refractivity contribution in [3.8, 4) is 10.8 Å². The molecule has 134 valence electrons. The predicted octanol–water partition coefficient (Wildman–Crippen LogP) is 3.31. The fraction of sp³-hybridized carbons (Fsp3) is 0.176. The molecule has 0 saturated heterocycles. The first-order valence-electron chi connectivity index (χ1n) is 7.82. The van der Waals surface area contributed by atoms with Crippen LogP contribution in [0.3, 0.4) is 0 Å². The van der Waals surface area contributed by atoms with E-state index in [0.717, 1.165) is 10.4 Å². The van der Waals surface area contributed by atoms with Crippen molar-refractivity contribution < 1.29 is 14.0 Å². The minimum absolute atomic E-state index is 0.167. The number of hydrogen-bond donors (Lipinski definition) is 2. The van der Waals surface area contributed by atoms with E-state index in [2.05, 4.69) is 20.8 Å². The lowest BCUT2D eigenvalue weighted by Gasteiger charge is -2.06. The molecule has 0 aliphatic heterocycles. The van der Waals surface area contributed by atoms with Crippen molar-refractivity contribution >= 4 is 35.0 Å². The summed E-state index contributed by atoms with van der Waals surface area (Å²) in [7, 11) is 0. The number of carbonyl (C=O) groups is 2. The molecule has 0 saturated carbocycles. The van der Waals surface area contributed by atoms with Crippen LogP contribution in [0.5, 0.6) is 0 Å². The number of nitrogens with zero attached hydrogens (tertiary/aromatic N) is 2. The highest BCUT2D eigenvalue weighted by molar-refractivity contribution is 7.99. The van der Waals surface area contributed by atoms with Gasteiger partial charge in [-0.2, -0.15) is 0 Å². The minimum atomic E-state index is -0.512. The van der Waals surface area contributed by atoms with Gasteiger partial charge in [0.05, 0.1) is 4.88 Å². The highest BCUT2D eigenvalue weighted by atomic mass is 32.2. The van der Waals surface area contributed by atoms with Crippen LogP contribution in [0.1, 0.15) is 12.0 Å². The van der Waals surface area contributed by atoms with E-state index in [-0.39, 0.29) is 12.3 Å². The van der Waals surface area contributed by atoms with Gasteiger partial charge in [0.1, 0.15) is 0 Å². The highest BCUT2D eigenvalue weighted by Gasteiger charge is 2.12. The van der Waals surface area contributed by atoms with Crippen molar-refractivity contribution in [3.63, 3.8) is 0 Å². The van der Waals surface area contributed by atoms with E-state index >= 15 is 0 Å². The van der Waals surface area contributed by atoms with E-state index in [9.17, 15) is 9.59 Å². The first-order valence-corrected chi connectivity index (χ1v) is 9.69. The van der Waals surface area contributed by atoms with E-state index < -0.39 is 6.03 Å². The zero-order chi connectivity index (χ0) is 18.2. The molecule has 3 amide bonds. The number of urea groups is 1. The van der Waals surface area contributed by atoms with Gasteiger partial charge in [0.25, 0.3) is 11.1 Å². The molecule has 0 radical (unpaired) electrons. The standard InChI is InChI=1S/C17H16N4O3S2/c22-14(19-16(23)18-11-12-5-2-1-3-6-12)8-10-26-17-21-20-15(24-17)13-7-4-9-25-13/h1-7,9H,8,10-11H2,(H2,18,19,22,23). The number of thiophene rings is 1. The molecule has 0 unspecified atom stereocenters. The third-order valence-electron chi connectivity index (χ3n) is 3.24. The van der Waals surface area contributed by atoms with Gasteiger partial charge in [0.15, 0.2) is 0 Å². The maximum Gasteiger partial charge on any atom is 0.321 e. The molecule has 0 bridgehead atoms. The van der Waals surface area contributed by atoms with Gasteiger partial charge in [-0.25, -0.2) is 4.79 Å². The smallest absolute Gasteiger partial charge is 0.321 e. The van der Waals surface area contributed by atoms with Gasteiger partial charge in [0.2, 0.25) is 5.91 Å². The summed E-state index contributed by atoms with van der Waals surface area (Å²) in [5.74, 6) is 0.539.